The fourth-order valence-electron chi connectivity index (χ4n) is 1.64. The molecule has 1 amide bonds. The van der Waals surface area contributed by atoms with Gasteiger partial charge in [-0.2, -0.15) is 0 Å². The van der Waals surface area contributed by atoms with Gasteiger partial charge in [0, 0.05) is 30.9 Å². The number of hydrogen-bond donors (Lipinski definition) is 1. The van der Waals surface area contributed by atoms with Crippen LogP contribution in [0.15, 0.2) is 17.8 Å². The lowest BCUT2D eigenvalue weighted by atomic mass is 10.3. The first-order valence-electron chi connectivity index (χ1n) is 5.38. The zero-order chi connectivity index (χ0) is 12.3. The minimum absolute atomic E-state index is 0.0243. The van der Waals surface area contributed by atoms with E-state index in [9.17, 15) is 4.79 Å². The maximum absolute atomic E-state index is 11.7. The summed E-state index contributed by atoms with van der Waals surface area (Å²) < 4.78 is 6.88. The normalized spacial score (nSPS) is 12.8. The van der Waals surface area contributed by atoms with Crippen molar-refractivity contribution in [3.63, 3.8) is 0 Å². The molecular weight excluding hydrogens is 238 g/mol. The molecule has 6 heteroatoms. The Labute approximate surface area is 103 Å². The lowest BCUT2D eigenvalue weighted by Gasteiger charge is -2.11. The number of imidazole rings is 1. The highest BCUT2D eigenvalue weighted by molar-refractivity contribution is 7.15. The van der Waals surface area contributed by atoms with Crippen LogP contribution in [0.3, 0.4) is 0 Å². The van der Waals surface area contributed by atoms with Crippen LogP contribution >= 0.6 is 11.3 Å². The molecule has 2 aromatic heterocycles. The third-order valence-corrected chi connectivity index (χ3v) is 3.08. The monoisotopic (exact) mass is 253 g/mol. The van der Waals surface area contributed by atoms with Gasteiger partial charge in [-0.25, -0.2) is 4.98 Å². The van der Waals surface area contributed by atoms with Gasteiger partial charge >= 0.3 is 0 Å². The summed E-state index contributed by atoms with van der Waals surface area (Å²) in [6.07, 6.45) is 4.12. The van der Waals surface area contributed by atoms with Gasteiger partial charge in [0.15, 0.2) is 4.96 Å². The molecule has 2 heterocycles. The summed E-state index contributed by atoms with van der Waals surface area (Å²) >= 11 is 1.56. The molecule has 0 aliphatic rings. The number of carbonyl (C=O) groups is 1. The van der Waals surface area contributed by atoms with Crippen molar-refractivity contribution in [2.75, 3.05) is 13.7 Å². The van der Waals surface area contributed by atoms with Gasteiger partial charge in [0.1, 0.15) is 0 Å². The molecule has 0 fully saturated rings. The summed E-state index contributed by atoms with van der Waals surface area (Å²) in [5.74, 6) is -0.0275. The summed E-state index contributed by atoms with van der Waals surface area (Å²) in [5, 5.41) is 4.82. The van der Waals surface area contributed by atoms with E-state index >= 15 is 0 Å². The molecule has 2 rings (SSSR count). The van der Waals surface area contributed by atoms with E-state index in [4.69, 9.17) is 4.74 Å². The number of thiazole rings is 1. The topological polar surface area (TPSA) is 55.6 Å². The van der Waals surface area contributed by atoms with Crippen molar-refractivity contribution in [3.05, 3.63) is 23.5 Å². The number of fused-ring (bicyclic) bond motifs is 1. The molecule has 0 saturated carbocycles. The van der Waals surface area contributed by atoms with Crippen molar-refractivity contribution in [3.8, 4) is 0 Å². The molecule has 1 atom stereocenters. The molecule has 1 N–H and O–H groups in total. The van der Waals surface area contributed by atoms with E-state index in [1.54, 1.807) is 18.4 Å². The predicted molar refractivity (Wildman–Crippen MR) is 66.3 cm³/mol. The molecule has 0 aliphatic heterocycles. The van der Waals surface area contributed by atoms with Crippen LogP contribution < -0.4 is 5.32 Å². The van der Waals surface area contributed by atoms with E-state index < -0.39 is 0 Å². The van der Waals surface area contributed by atoms with Crippen molar-refractivity contribution in [1.29, 1.82) is 0 Å². The highest BCUT2D eigenvalue weighted by Gasteiger charge is 2.10. The van der Waals surface area contributed by atoms with Crippen molar-refractivity contribution < 1.29 is 9.53 Å². The maximum Gasteiger partial charge on any atom is 0.226 e. The van der Waals surface area contributed by atoms with Crippen LogP contribution in [0.25, 0.3) is 4.96 Å². The van der Waals surface area contributed by atoms with E-state index in [2.05, 4.69) is 10.3 Å². The minimum Gasteiger partial charge on any atom is -0.383 e. The Kier molecular flexibility index (Phi) is 3.75. The van der Waals surface area contributed by atoms with Crippen LogP contribution in [0.4, 0.5) is 0 Å². The van der Waals surface area contributed by atoms with Crippen molar-refractivity contribution >= 4 is 22.2 Å². The summed E-state index contributed by atoms with van der Waals surface area (Å²) in [6.45, 7) is 2.43. The number of aromatic nitrogens is 2. The number of methoxy groups -OCH3 is 1. The van der Waals surface area contributed by atoms with E-state index in [0.717, 1.165) is 10.7 Å². The van der Waals surface area contributed by atoms with Crippen LogP contribution in [0, 0.1) is 0 Å². The second-order valence-corrected chi connectivity index (χ2v) is 4.80. The lowest BCUT2D eigenvalue weighted by Crippen LogP contribution is -2.36. The predicted octanol–water partition coefficient (Wildman–Crippen LogP) is 1.09. The molecule has 0 bridgehead atoms. The van der Waals surface area contributed by atoms with Crippen molar-refractivity contribution in [2.45, 2.75) is 19.4 Å². The van der Waals surface area contributed by atoms with Gasteiger partial charge in [0.25, 0.3) is 0 Å². The second kappa shape index (κ2) is 5.29. The molecule has 0 spiro atoms. The largest absolute Gasteiger partial charge is 0.383 e. The number of ether oxygens (including phenoxy) is 1. The van der Waals surface area contributed by atoms with Gasteiger partial charge < -0.3 is 10.1 Å². The molecular formula is C11H15N3O2S. The van der Waals surface area contributed by atoms with Crippen LogP contribution in [0.1, 0.15) is 12.6 Å². The number of nitrogens with one attached hydrogen (secondary N) is 1. The first-order chi connectivity index (χ1) is 8.19. The quantitative estimate of drug-likeness (QED) is 0.868. The molecule has 17 heavy (non-hydrogen) atoms. The Morgan fingerprint density at radius 1 is 1.71 bits per heavy atom. The molecule has 1 unspecified atom stereocenters. The van der Waals surface area contributed by atoms with Crippen molar-refractivity contribution in [1.82, 2.24) is 14.7 Å². The molecule has 0 radical (unpaired) electrons. The minimum atomic E-state index is -0.0275. The molecule has 0 saturated heterocycles. The Balaban J connectivity index is 1.92. The van der Waals surface area contributed by atoms with Gasteiger partial charge in [-0.3, -0.25) is 9.20 Å². The smallest absolute Gasteiger partial charge is 0.226 e. The Hall–Kier alpha value is -1.40. The summed E-state index contributed by atoms with van der Waals surface area (Å²) in [5.41, 5.74) is 0.791. The average Bonchev–Trinajstić information content (AvgIpc) is 2.77. The molecule has 0 aliphatic carbocycles. The summed E-state index contributed by atoms with van der Waals surface area (Å²) in [4.78, 5) is 17.0. The van der Waals surface area contributed by atoms with Crippen LogP contribution in [-0.2, 0) is 16.0 Å². The van der Waals surface area contributed by atoms with E-state index in [1.165, 1.54) is 0 Å². The molecule has 92 valence electrons. The second-order valence-electron chi connectivity index (χ2n) is 3.93. The van der Waals surface area contributed by atoms with Crippen LogP contribution in [0.5, 0.6) is 0 Å². The highest BCUT2D eigenvalue weighted by Crippen LogP contribution is 2.11. The first-order valence-corrected chi connectivity index (χ1v) is 6.26. The van der Waals surface area contributed by atoms with Gasteiger partial charge in [0.2, 0.25) is 5.91 Å². The van der Waals surface area contributed by atoms with Gasteiger partial charge in [-0.1, -0.05) is 0 Å². The highest BCUT2D eigenvalue weighted by atomic mass is 32.1. The molecule has 2 aromatic rings. The first kappa shape index (κ1) is 12.1. The third kappa shape index (κ3) is 3.04. The summed E-state index contributed by atoms with van der Waals surface area (Å²) in [6, 6.07) is 0.0243. The number of rotatable bonds is 5. The Bertz CT molecular complexity index is 477. The van der Waals surface area contributed by atoms with E-state index in [1.807, 2.05) is 29.1 Å². The number of carbonyl (C=O) groups excluding carboxylic acids is 1. The fourth-order valence-corrected chi connectivity index (χ4v) is 2.36. The Morgan fingerprint density at radius 2 is 2.53 bits per heavy atom. The van der Waals surface area contributed by atoms with Crippen molar-refractivity contribution in [2.24, 2.45) is 0 Å². The zero-order valence-electron chi connectivity index (χ0n) is 9.84. The average molecular weight is 253 g/mol. The zero-order valence-corrected chi connectivity index (χ0v) is 10.7. The van der Waals surface area contributed by atoms with Gasteiger partial charge in [0.05, 0.1) is 18.7 Å². The number of hydrogen-bond acceptors (Lipinski definition) is 4. The molecule has 5 nitrogen and oxygen atoms in total. The number of nitrogens with zero attached hydrogens (tertiary/aromatic N) is 2. The lowest BCUT2D eigenvalue weighted by molar-refractivity contribution is -0.121. The van der Waals surface area contributed by atoms with E-state index in [0.29, 0.717) is 13.0 Å². The van der Waals surface area contributed by atoms with Crippen LogP contribution in [-0.4, -0.2) is 35.1 Å². The maximum atomic E-state index is 11.7. The molecule has 0 aromatic carbocycles. The van der Waals surface area contributed by atoms with E-state index in [-0.39, 0.29) is 11.9 Å². The fraction of sp³-hybridized carbons (Fsp3) is 0.455. The number of amides is 1. The van der Waals surface area contributed by atoms with Gasteiger partial charge in [-0.15, -0.1) is 11.3 Å². The SMILES string of the molecule is COCC(C)NC(=O)Cc1cn2ccsc2n1. The Morgan fingerprint density at radius 3 is 3.24 bits per heavy atom. The summed E-state index contributed by atoms with van der Waals surface area (Å²) in [7, 11) is 1.62. The van der Waals surface area contributed by atoms with Gasteiger partial charge in [-0.05, 0) is 6.92 Å². The van der Waals surface area contributed by atoms with Crippen LogP contribution in [0.2, 0.25) is 0 Å². The standard InChI is InChI=1S/C11H15N3O2S/c1-8(7-16-2)12-10(15)5-9-6-14-3-4-17-11(14)13-9/h3-4,6,8H,5,7H2,1-2H3,(H,12,15). The third-order valence-electron chi connectivity index (χ3n) is 2.31.